The molecular weight excluding hydrogens is 292 g/mol. The summed E-state index contributed by atoms with van der Waals surface area (Å²) in [7, 11) is 0. The average molecular weight is 310 g/mol. The van der Waals surface area contributed by atoms with E-state index in [1.54, 1.807) is 6.20 Å². The van der Waals surface area contributed by atoms with Gasteiger partial charge in [-0.15, -0.1) is 0 Å². The molecule has 0 saturated carbocycles. The molecule has 1 unspecified atom stereocenters. The van der Waals surface area contributed by atoms with Crippen molar-refractivity contribution in [2.75, 3.05) is 13.2 Å². The summed E-state index contributed by atoms with van der Waals surface area (Å²) in [5, 5.41) is 13.2. The number of aliphatic hydroxyl groups excluding tert-OH is 1. The maximum absolute atomic E-state index is 12.3. The minimum atomic E-state index is -0.200. The molecule has 1 amide bonds. The van der Waals surface area contributed by atoms with E-state index in [-0.39, 0.29) is 18.4 Å². The van der Waals surface area contributed by atoms with Crippen LogP contribution in [-0.4, -0.2) is 29.1 Å². The Morgan fingerprint density at radius 3 is 2.83 bits per heavy atom. The SMILES string of the molecule is O=C(NCC(CO)Cc1ccccn1)c1coc2ccccc12. The number of benzene rings is 1. The lowest BCUT2D eigenvalue weighted by Crippen LogP contribution is -2.31. The first-order chi connectivity index (χ1) is 11.3. The van der Waals surface area contributed by atoms with Crippen molar-refractivity contribution in [3.05, 3.63) is 66.2 Å². The molecule has 5 nitrogen and oxygen atoms in total. The molecule has 0 fully saturated rings. The van der Waals surface area contributed by atoms with Gasteiger partial charge in [0.2, 0.25) is 0 Å². The largest absolute Gasteiger partial charge is 0.463 e. The van der Waals surface area contributed by atoms with Crippen molar-refractivity contribution in [1.82, 2.24) is 10.3 Å². The van der Waals surface area contributed by atoms with E-state index < -0.39 is 0 Å². The zero-order chi connectivity index (χ0) is 16.1. The van der Waals surface area contributed by atoms with Crippen molar-refractivity contribution < 1.29 is 14.3 Å². The average Bonchev–Trinajstić information content (AvgIpc) is 3.03. The number of fused-ring (bicyclic) bond motifs is 1. The molecule has 3 rings (SSSR count). The maximum Gasteiger partial charge on any atom is 0.255 e. The molecule has 0 aliphatic heterocycles. The normalized spacial score (nSPS) is 12.2. The van der Waals surface area contributed by atoms with Crippen LogP contribution in [0.4, 0.5) is 0 Å². The van der Waals surface area contributed by atoms with Gasteiger partial charge < -0.3 is 14.8 Å². The highest BCUT2D eigenvalue weighted by molar-refractivity contribution is 6.05. The van der Waals surface area contributed by atoms with Gasteiger partial charge in [0.1, 0.15) is 11.8 Å². The number of carbonyl (C=O) groups excluding carboxylic acids is 1. The molecule has 0 aliphatic carbocycles. The number of amides is 1. The molecule has 3 aromatic rings. The van der Waals surface area contributed by atoms with Crippen molar-refractivity contribution in [2.24, 2.45) is 5.92 Å². The Bertz CT molecular complexity index is 783. The quantitative estimate of drug-likeness (QED) is 0.733. The van der Waals surface area contributed by atoms with Crippen LogP contribution in [-0.2, 0) is 6.42 Å². The van der Waals surface area contributed by atoms with Gasteiger partial charge in [-0.3, -0.25) is 9.78 Å². The fraction of sp³-hybridized carbons (Fsp3) is 0.222. The van der Waals surface area contributed by atoms with Crippen molar-refractivity contribution in [3.63, 3.8) is 0 Å². The first kappa shape index (κ1) is 15.2. The number of carbonyl (C=O) groups is 1. The smallest absolute Gasteiger partial charge is 0.255 e. The number of pyridine rings is 1. The number of rotatable bonds is 6. The number of hydrogen-bond donors (Lipinski definition) is 2. The standard InChI is InChI=1S/C18H18N2O3/c21-11-13(9-14-5-3-4-8-19-14)10-20-18(22)16-12-23-17-7-2-1-6-15(16)17/h1-8,12-13,21H,9-11H2,(H,20,22). The summed E-state index contributed by atoms with van der Waals surface area (Å²) < 4.78 is 5.38. The molecule has 0 radical (unpaired) electrons. The fourth-order valence-electron chi connectivity index (χ4n) is 2.50. The van der Waals surface area contributed by atoms with Crippen LogP contribution in [0.5, 0.6) is 0 Å². The molecule has 2 N–H and O–H groups in total. The third-order valence-corrected chi connectivity index (χ3v) is 3.76. The van der Waals surface area contributed by atoms with Crippen molar-refractivity contribution >= 4 is 16.9 Å². The van der Waals surface area contributed by atoms with E-state index in [0.29, 0.717) is 24.1 Å². The fourth-order valence-corrected chi connectivity index (χ4v) is 2.50. The van der Waals surface area contributed by atoms with E-state index in [4.69, 9.17) is 4.42 Å². The Hall–Kier alpha value is -2.66. The topological polar surface area (TPSA) is 75.4 Å². The van der Waals surface area contributed by atoms with Gasteiger partial charge in [0, 0.05) is 36.3 Å². The molecule has 0 bridgehead atoms. The van der Waals surface area contributed by atoms with Gasteiger partial charge in [-0.05, 0) is 24.6 Å². The zero-order valence-corrected chi connectivity index (χ0v) is 12.6. The predicted molar refractivity (Wildman–Crippen MR) is 87.1 cm³/mol. The summed E-state index contributed by atoms with van der Waals surface area (Å²) in [5.41, 5.74) is 2.09. The Morgan fingerprint density at radius 2 is 2.04 bits per heavy atom. The summed E-state index contributed by atoms with van der Waals surface area (Å²) in [5.74, 6) is -0.276. The van der Waals surface area contributed by atoms with Gasteiger partial charge in [-0.2, -0.15) is 0 Å². The second-order valence-electron chi connectivity index (χ2n) is 5.43. The second kappa shape index (κ2) is 7.07. The molecule has 23 heavy (non-hydrogen) atoms. The number of nitrogens with zero attached hydrogens (tertiary/aromatic N) is 1. The van der Waals surface area contributed by atoms with Crippen LogP contribution in [0.25, 0.3) is 11.0 Å². The summed E-state index contributed by atoms with van der Waals surface area (Å²) in [6.07, 6.45) is 3.80. The molecule has 1 atom stereocenters. The monoisotopic (exact) mass is 310 g/mol. The summed E-state index contributed by atoms with van der Waals surface area (Å²) >= 11 is 0. The highest BCUT2D eigenvalue weighted by Crippen LogP contribution is 2.20. The third kappa shape index (κ3) is 3.57. The van der Waals surface area contributed by atoms with Gasteiger partial charge >= 0.3 is 0 Å². The van der Waals surface area contributed by atoms with Gasteiger partial charge in [-0.25, -0.2) is 0 Å². The number of para-hydroxylation sites is 1. The van der Waals surface area contributed by atoms with Crippen LogP contribution in [0.15, 0.2) is 59.3 Å². The lowest BCUT2D eigenvalue weighted by molar-refractivity contribution is 0.0940. The molecule has 0 saturated heterocycles. The number of nitrogens with one attached hydrogen (secondary N) is 1. The van der Waals surface area contributed by atoms with Gasteiger partial charge in [0.05, 0.1) is 5.56 Å². The van der Waals surface area contributed by atoms with Crippen LogP contribution >= 0.6 is 0 Å². The van der Waals surface area contributed by atoms with Crippen LogP contribution in [0.3, 0.4) is 0 Å². The van der Waals surface area contributed by atoms with E-state index in [1.807, 2.05) is 42.5 Å². The zero-order valence-electron chi connectivity index (χ0n) is 12.6. The van der Waals surface area contributed by atoms with Crippen molar-refractivity contribution in [3.8, 4) is 0 Å². The van der Waals surface area contributed by atoms with Gasteiger partial charge in [0.15, 0.2) is 0 Å². The molecule has 0 spiro atoms. The Morgan fingerprint density at radius 1 is 1.22 bits per heavy atom. The molecule has 118 valence electrons. The Kier molecular flexibility index (Phi) is 4.68. The molecule has 5 heteroatoms. The lowest BCUT2D eigenvalue weighted by Gasteiger charge is -2.14. The number of aromatic nitrogens is 1. The van der Waals surface area contributed by atoms with E-state index in [9.17, 15) is 9.90 Å². The van der Waals surface area contributed by atoms with E-state index in [0.717, 1.165) is 11.1 Å². The number of furan rings is 1. The van der Waals surface area contributed by atoms with Gasteiger partial charge in [0.25, 0.3) is 5.91 Å². The second-order valence-corrected chi connectivity index (χ2v) is 5.43. The lowest BCUT2D eigenvalue weighted by atomic mass is 10.0. The molecule has 2 heterocycles. The number of hydrogen-bond acceptors (Lipinski definition) is 4. The van der Waals surface area contributed by atoms with Crippen LogP contribution in [0.2, 0.25) is 0 Å². The van der Waals surface area contributed by atoms with Crippen LogP contribution in [0, 0.1) is 5.92 Å². The summed E-state index contributed by atoms with van der Waals surface area (Å²) in [4.78, 5) is 16.6. The maximum atomic E-state index is 12.3. The third-order valence-electron chi connectivity index (χ3n) is 3.76. The highest BCUT2D eigenvalue weighted by atomic mass is 16.3. The number of aliphatic hydroxyl groups is 1. The minimum absolute atomic E-state index is 0.0109. The summed E-state index contributed by atoms with van der Waals surface area (Å²) in [6, 6.07) is 13.1. The summed E-state index contributed by atoms with van der Waals surface area (Å²) in [6.45, 7) is 0.369. The Balaban J connectivity index is 1.63. The first-order valence-corrected chi connectivity index (χ1v) is 7.53. The molecule has 1 aromatic carbocycles. The highest BCUT2D eigenvalue weighted by Gasteiger charge is 2.16. The predicted octanol–water partition coefficient (Wildman–Crippen LogP) is 2.41. The molecule has 2 aromatic heterocycles. The Labute approximate surface area is 134 Å². The van der Waals surface area contributed by atoms with E-state index in [1.165, 1.54) is 6.26 Å². The van der Waals surface area contributed by atoms with E-state index >= 15 is 0 Å². The minimum Gasteiger partial charge on any atom is -0.463 e. The molecule has 0 aliphatic rings. The van der Waals surface area contributed by atoms with Crippen molar-refractivity contribution in [2.45, 2.75) is 6.42 Å². The van der Waals surface area contributed by atoms with E-state index in [2.05, 4.69) is 10.3 Å². The molecular formula is C18H18N2O3. The van der Waals surface area contributed by atoms with Crippen LogP contribution in [0.1, 0.15) is 16.1 Å². The first-order valence-electron chi connectivity index (χ1n) is 7.53. The van der Waals surface area contributed by atoms with Crippen LogP contribution < -0.4 is 5.32 Å². The van der Waals surface area contributed by atoms with Gasteiger partial charge in [-0.1, -0.05) is 24.3 Å². The van der Waals surface area contributed by atoms with Crippen molar-refractivity contribution in [1.29, 1.82) is 0 Å².